The lowest BCUT2D eigenvalue weighted by molar-refractivity contribution is 0.191. The third-order valence-electron chi connectivity index (χ3n) is 5.45. The van der Waals surface area contributed by atoms with Gasteiger partial charge in [0.2, 0.25) is 0 Å². The maximum Gasteiger partial charge on any atom is 0.191 e. The zero-order valence-electron chi connectivity index (χ0n) is 17.1. The lowest BCUT2D eigenvalue weighted by atomic mass is 9.99. The Balaban J connectivity index is 1.65. The van der Waals surface area contributed by atoms with Gasteiger partial charge in [-0.3, -0.25) is 4.99 Å². The Morgan fingerprint density at radius 2 is 2.04 bits per heavy atom. The molecule has 0 unspecified atom stereocenters. The molecular formula is C20H37N5O. The van der Waals surface area contributed by atoms with Gasteiger partial charge in [0, 0.05) is 25.6 Å². The van der Waals surface area contributed by atoms with Crippen molar-refractivity contribution in [1.29, 1.82) is 0 Å². The van der Waals surface area contributed by atoms with E-state index in [9.17, 15) is 0 Å². The molecule has 26 heavy (non-hydrogen) atoms. The summed E-state index contributed by atoms with van der Waals surface area (Å²) >= 11 is 0. The van der Waals surface area contributed by atoms with Crippen molar-refractivity contribution in [3.63, 3.8) is 0 Å². The number of aromatic nitrogens is 1. The molecule has 6 nitrogen and oxygen atoms in total. The number of nitrogens with one attached hydrogen (secondary N) is 2. The van der Waals surface area contributed by atoms with Crippen molar-refractivity contribution in [2.24, 2.45) is 10.9 Å². The summed E-state index contributed by atoms with van der Waals surface area (Å²) in [6.07, 6.45) is 6.00. The second-order valence-corrected chi connectivity index (χ2v) is 7.46. The first kappa shape index (κ1) is 20.7. The highest BCUT2D eigenvalue weighted by atomic mass is 16.5. The zero-order chi connectivity index (χ0) is 18.8. The summed E-state index contributed by atoms with van der Waals surface area (Å²) < 4.78 is 5.46. The largest absolute Gasteiger partial charge is 0.359 e. The van der Waals surface area contributed by atoms with E-state index in [1.54, 1.807) is 7.05 Å². The van der Waals surface area contributed by atoms with Crippen LogP contribution < -0.4 is 10.6 Å². The average Bonchev–Trinajstić information content (AvgIpc) is 3.12. The third-order valence-corrected chi connectivity index (χ3v) is 5.45. The summed E-state index contributed by atoms with van der Waals surface area (Å²) in [6.45, 7) is 11.9. The molecule has 0 aromatic carbocycles. The summed E-state index contributed by atoms with van der Waals surface area (Å²) in [5.74, 6) is 3.06. The molecule has 1 aromatic rings. The van der Waals surface area contributed by atoms with Gasteiger partial charge >= 0.3 is 0 Å². The van der Waals surface area contributed by atoms with Gasteiger partial charge in [0.1, 0.15) is 0 Å². The van der Waals surface area contributed by atoms with Crippen LogP contribution in [0.4, 0.5) is 0 Å². The summed E-state index contributed by atoms with van der Waals surface area (Å²) in [6, 6.07) is 2.06. The Kier molecular flexibility index (Phi) is 8.95. The van der Waals surface area contributed by atoms with Gasteiger partial charge in [-0.2, -0.15) is 0 Å². The summed E-state index contributed by atoms with van der Waals surface area (Å²) in [7, 11) is 1.80. The lowest BCUT2D eigenvalue weighted by Gasteiger charge is -2.30. The molecule has 2 heterocycles. The molecule has 1 saturated heterocycles. The van der Waals surface area contributed by atoms with Crippen LogP contribution in [0.5, 0.6) is 0 Å². The van der Waals surface area contributed by atoms with Crippen molar-refractivity contribution in [1.82, 2.24) is 20.7 Å². The van der Waals surface area contributed by atoms with Crippen LogP contribution in [0, 0.1) is 5.92 Å². The number of aliphatic imine (C=N–C) groups is 1. The van der Waals surface area contributed by atoms with Crippen molar-refractivity contribution in [3.8, 4) is 0 Å². The van der Waals surface area contributed by atoms with E-state index in [4.69, 9.17) is 4.52 Å². The van der Waals surface area contributed by atoms with Crippen molar-refractivity contribution < 1.29 is 4.52 Å². The van der Waals surface area contributed by atoms with E-state index in [1.165, 1.54) is 25.9 Å². The molecule has 0 amide bonds. The minimum atomic E-state index is 0.489. The normalized spacial score (nSPS) is 17.0. The van der Waals surface area contributed by atoms with Crippen LogP contribution in [0.25, 0.3) is 0 Å². The Labute approximate surface area is 158 Å². The molecule has 148 valence electrons. The lowest BCUT2D eigenvalue weighted by Crippen LogP contribution is -2.39. The van der Waals surface area contributed by atoms with Crippen LogP contribution in [0.15, 0.2) is 15.6 Å². The standard InChI is InChI=1S/C20H37N5O/c1-5-17(6-2)19-14-18(26-24-19)15-23-20(21-4)22-10-7-11-25-12-8-16(3)9-13-25/h14,16-17H,5-13,15H2,1-4H3,(H2,21,22,23). The molecule has 1 aliphatic rings. The van der Waals surface area contributed by atoms with Crippen LogP contribution in [0.1, 0.15) is 70.2 Å². The first-order chi connectivity index (χ1) is 12.7. The van der Waals surface area contributed by atoms with Crippen molar-refractivity contribution in [2.45, 2.75) is 65.3 Å². The topological polar surface area (TPSA) is 65.7 Å². The van der Waals surface area contributed by atoms with Crippen molar-refractivity contribution in [2.75, 3.05) is 33.2 Å². The highest BCUT2D eigenvalue weighted by Crippen LogP contribution is 2.22. The highest BCUT2D eigenvalue weighted by Gasteiger charge is 2.15. The van der Waals surface area contributed by atoms with E-state index in [0.717, 1.165) is 55.7 Å². The second kappa shape index (κ2) is 11.2. The Bertz CT molecular complexity index is 530. The predicted molar refractivity (Wildman–Crippen MR) is 107 cm³/mol. The first-order valence-electron chi connectivity index (χ1n) is 10.3. The van der Waals surface area contributed by atoms with E-state index < -0.39 is 0 Å². The fraction of sp³-hybridized carbons (Fsp3) is 0.800. The van der Waals surface area contributed by atoms with E-state index >= 15 is 0 Å². The SMILES string of the molecule is CCC(CC)c1cc(CNC(=NC)NCCCN2CCC(C)CC2)on1. The van der Waals surface area contributed by atoms with E-state index in [2.05, 4.69) is 52.5 Å². The molecule has 0 radical (unpaired) electrons. The maximum absolute atomic E-state index is 5.46. The van der Waals surface area contributed by atoms with Crippen molar-refractivity contribution in [3.05, 3.63) is 17.5 Å². The number of rotatable bonds is 9. The van der Waals surface area contributed by atoms with Crippen LogP contribution in [-0.4, -0.2) is 49.2 Å². The molecule has 0 saturated carbocycles. The molecule has 0 aliphatic carbocycles. The number of likely N-dealkylation sites (tertiary alicyclic amines) is 1. The van der Waals surface area contributed by atoms with Crippen LogP contribution in [0.2, 0.25) is 0 Å². The Hall–Kier alpha value is -1.56. The minimum absolute atomic E-state index is 0.489. The quantitative estimate of drug-likeness (QED) is 0.400. The number of hydrogen-bond donors (Lipinski definition) is 2. The number of piperidine rings is 1. The van der Waals surface area contributed by atoms with Gasteiger partial charge < -0.3 is 20.1 Å². The molecule has 1 aromatic heterocycles. The number of nitrogens with zero attached hydrogens (tertiary/aromatic N) is 3. The minimum Gasteiger partial charge on any atom is -0.359 e. The van der Waals surface area contributed by atoms with E-state index in [-0.39, 0.29) is 0 Å². The highest BCUT2D eigenvalue weighted by molar-refractivity contribution is 5.79. The van der Waals surface area contributed by atoms with Gasteiger partial charge in [-0.25, -0.2) is 0 Å². The van der Waals surface area contributed by atoms with Gasteiger partial charge in [0.25, 0.3) is 0 Å². The maximum atomic E-state index is 5.46. The fourth-order valence-corrected chi connectivity index (χ4v) is 3.50. The summed E-state index contributed by atoms with van der Waals surface area (Å²) in [5, 5.41) is 10.9. The van der Waals surface area contributed by atoms with Crippen LogP contribution in [0.3, 0.4) is 0 Å². The molecule has 0 atom stereocenters. The van der Waals surface area contributed by atoms with Crippen LogP contribution >= 0.6 is 0 Å². The summed E-state index contributed by atoms with van der Waals surface area (Å²) in [4.78, 5) is 6.87. The molecule has 6 heteroatoms. The average molecular weight is 364 g/mol. The molecule has 1 fully saturated rings. The van der Waals surface area contributed by atoms with Gasteiger partial charge in [0.05, 0.1) is 12.2 Å². The molecule has 0 bridgehead atoms. The van der Waals surface area contributed by atoms with Gasteiger partial charge in [-0.15, -0.1) is 0 Å². The fourth-order valence-electron chi connectivity index (χ4n) is 3.50. The molecule has 2 rings (SSSR count). The van der Waals surface area contributed by atoms with Gasteiger partial charge in [-0.05, 0) is 57.7 Å². The third kappa shape index (κ3) is 6.63. The van der Waals surface area contributed by atoms with E-state index in [0.29, 0.717) is 12.5 Å². The smallest absolute Gasteiger partial charge is 0.191 e. The Morgan fingerprint density at radius 1 is 1.31 bits per heavy atom. The second-order valence-electron chi connectivity index (χ2n) is 7.46. The first-order valence-corrected chi connectivity index (χ1v) is 10.3. The zero-order valence-corrected chi connectivity index (χ0v) is 17.1. The van der Waals surface area contributed by atoms with Crippen LogP contribution in [-0.2, 0) is 6.54 Å². The van der Waals surface area contributed by atoms with E-state index in [1.807, 2.05) is 0 Å². The molecule has 1 aliphatic heterocycles. The van der Waals surface area contributed by atoms with Gasteiger partial charge in [-0.1, -0.05) is 25.9 Å². The molecule has 2 N–H and O–H groups in total. The predicted octanol–water partition coefficient (Wildman–Crippen LogP) is 3.37. The summed E-state index contributed by atoms with van der Waals surface area (Å²) in [5.41, 5.74) is 1.06. The van der Waals surface area contributed by atoms with Crippen molar-refractivity contribution >= 4 is 5.96 Å². The Morgan fingerprint density at radius 3 is 2.69 bits per heavy atom. The monoisotopic (exact) mass is 363 g/mol. The number of hydrogen-bond acceptors (Lipinski definition) is 4. The molecular weight excluding hydrogens is 326 g/mol. The molecule has 0 spiro atoms. The van der Waals surface area contributed by atoms with Gasteiger partial charge in [0.15, 0.2) is 11.7 Å². The number of guanidine groups is 1.